The van der Waals surface area contributed by atoms with Gasteiger partial charge in [-0.2, -0.15) is 0 Å². The van der Waals surface area contributed by atoms with Crippen LogP contribution < -0.4 is 4.72 Å². The quantitative estimate of drug-likeness (QED) is 0.795. The molecule has 2 aromatic rings. The number of benzene rings is 2. The largest absolute Gasteiger partial charge is 0.341 e. The number of hydrogen-bond donors (Lipinski definition) is 1. The van der Waals surface area contributed by atoms with Crippen molar-refractivity contribution in [3.8, 4) is 0 Å². The molecule has 0 aliphatic carbocycles. The summed E-state index contributed by atoms with van der Waals surface area (Å²) in [4.78, 5) is 13.0. The van der Waals surface area contributed by atoms with E-state index in [9.17, 15) is 26.4 Å². The van der Waals surface area contributed by atoms with Gasteiger partial charge < -0.3 is 4.90 Å². The highest BCUT2D eigenvalue weighted by Crippen LogP contribution is 2.13. The topological polar surface area (TPSA) is 66.5 Å². The summed E-state index contributed by atoms with van der Waals surface area (Å²) < 4.78 is 65.1. The Hall–Kier alpha value is -2.39. The number of amides is 1. The molecule has 26 heavy (non-hydrogen) atoms. The zero-order valence-corrected chi connectivity index (χ0v) is 14.7. The van der Waals surface area contributed by atoms with Crippen molar-refractivity contribution in [1.82, 2.24) is 9.62 Å². The fourth-order valence-electron chi connectivity index (χ4n) is 2.16. The molecule has 9 heteroatoms. The molecule has 0 radical (unpaired) electrons. The van der Waals surface area contributed by atoms with Crippen molar-refractivity contribution in [1.29, 1.82) is 0 Å². The summed E-state index contributed by atoms with van der Waals surface area (Å²) in [5.74, 6) is -3.14. The van der Waals surface area contributed by atoms with Crippen LogP contribution in [0.5, 0.6) is 0 Å². The number of hydrogen-bond acceptors (Lipinski definition) is 3. The first-order valence-electron chi connectivity index (χ1n) is 7.62. The molecule has 1 amide bonds. The van der Waals surface area contributed by atoms with E-state index in [0.29, 0.717) is 12.1 Å². The summed E-state index contributed by atoms with van der Waals surface area (Å²) in [6, 6.07) is 7.87. The van der Waals surface area contributed by atoms with Crippen LogP contribution >= 0.6 is 0 Å². The third-order valence-electron chi connectivity index (χ3n) is 3.59. The van der Waals surface area contributed by atoms with Gasteiger partial charge in [0.2, 0.25) is 15.9 Å². The average molecular weight is 386 g/mol. The van der Waals surface area contributed by atoms with Crippen molar-refractivity contribution >= 4 is 15.9 Å². The van der Waals surface area contributed by atoms with Gasteiger partial charge >= 0.3 is 0 Å². The second-order valence-electron chi connectivity index (χ2n) is 5.60. The third-order valence-corrected chi connectivity index (χ3v) is 5.05. The summed E-state index contributed by atoms with van der Waals surface area (Å²) in [6.45, 7) is 0.0446. The zero-order chi connectivity index (χ0) is 19.3. The van der Waals surface area contributed by atoms with Gasteiger partial charge in [-0.15, -0.1) is 0 Å². The van der Waals surface area contributed by atoms with Crippen LogP contribution in [0.25, 0.3) is 0 Å². The van der Waals surface area contributed by atoms with Crippen LogP contribution in [0, 0.1) is 17.5 Å². The first kappa shape index (κ1) is 19.9. The molecule has 0 saturated heterocycles. The predicted molar refractivity (Wildman–Crippen MR) is 89.0 cm³/mol. The molecule has 0 atom stereocenters. The highest BCUT2D eigenvalue weighted by Gasteiger charge is 2.17. The number of halogens is 3. The molecular formula is C17H17F3N2O3S. The maximum Gasteiger partial charge on any atom is 0.240 e. The highest BCUT2D eigenvalue weighted by atomic mass is 32.2. The first-order valence-corrected chi connectivity index (χ1v) is 9.10. The van der Waals surface area contributed by atoms with Gasteiger partial charge in [-0.1, -0.05) is 12.1 Å². The molecular weight excluding hydrogens is 369 g/mol. The van der Waals surface area contributed by atoms with Crippen LogP contribution in [-0.4, -0.2) is 32.8 Å². The van der Waals surface area contributed by atoms with Gasteiger partial charge in [0.15, 0.2) is 11.6 Å². The Balaban J connectivity index is 1.88. The van der Waals surface area contributed by atoms with E-state index < -0.39 is 26.6 Å². The Bertz CT molecular complexity index is 887. The number of carbonyl (C=O) groups is 1. The molecule has 0 aliphatic heterocycles. The van der Waals surface area contributed by atoms with Crippen LogP contribution in [0.2, 0.25) is 0 Å². The van der Waals surface area contributed by atoms with E-state index in [1.807, 2.05) is 0 Å². The van der Waals surface area contributed by atoms with Crippen LogP contribution in [-0.2, 0) is 21.4 Å². The van der Waals surface area contributed by atoms with Crippen LogP contribution in [0.4, 0.5) is 13.2 Å². The summed E-state index contributed by atoms with van der Waals surface area (Å²) in [5, 5.41) is 0. The number of nitrogens with one attached hydrogen (secondary N) is 1. The normalized spacial score (nSPS) is 11.4. The van der Waals surface area contributed by atoms with Gasteiger partial charge in [-0.25, -0.2) is 26.3 Å². The Morgan fingerprint density at radius 2 is 1.69 bits per heavy atom. The SMILES string of the molecule is CN(Cc1ccc(F)cc1)C(=O)CCNS(=O)(=O)c1ccc(F)c(F)c1. The molecule has 0 aromatic heterocycles. The number of carbonyl (C=O) groups excluding carboxylic acids is 1. The van der Waals surface area contributed by atoms with Gasteiger partial charge in [0.05, 0.1) is 4.90 Å². The van der Waals surface area contributed by atoms with Crippen molar-refractivity contribution < 1.29 is 26.4 Å². The van der Waals surface area contributed by atoms with E-state index >= 15 is 0 Å². The third kappa shape index (κ3) is 5.30. The molecule has 0 saturated carbocycles. The maximum absolute atomic E-state index is 13.1. The van der Waals surface area contributed by atoms with Crippen LogP contribution in [0.1, 0.15) is 12.0 Å². The molecule has 140 valence electrons. The first-order chi connectivity index (χ1) is 12.2. The lowest BCUT2D eigenvalue weighted by molar-refractivity contribution is -0.130. The van der Waals surface area contributed by atoms with Crippen molar-refractivity contribution in [2.75, 3.05) is 13.6 Å². The van der Waals surface area contributed by atoms with Gasteiger partial charge in [0.1, 0.15) is 5.82 Å². The molecule has 0 heterocycles. The monoisotopic (exact) mass is 386 g/mol. The molecule has 5 nitrogen and oxygen atoms in total. The van der Waals surface area contributed by atoms with Gasteiger partial charge in [-0.3, -0.25) is 4.79 Å². The smallest absolute Gasteiger partial charge is 0.240 e. The Morgan fingerprint density at radius 3 is 2.31 bits per heavy atom. The van der Waals surface area contributed by atoms with Crippen LogP contribution in [0.15, 0.2) is 47.4 Å². The minimum atomic E-state index is -4.05. The molecule has 2 aromatic carbocycles. The molecule has 0 fully saturated rings. The molecule has 1 N–H and O–H groups in total. The number of nitrogens with zero attached hydrogens (tertiary/aromatic N) is 1. The fourth-order valence-corrected chi connectivity index (χ4v) is 3.21. The fraction of sp³-hybridized carbons (Fsp3) is 0.235. The van der Waals surface area contributed by atoms with E-state index in [2.05, 4.69) is 4.72 Å². The molecule has 2 rings (SSSR count). The molecule has 0 unspecified atom stereocenters. The van der Waals surface area contributed by atoms with Gasteiger partial charge in [0, 0.05) is 26.6 Å². The summed E-state index contributed by atoms with van der Waals surface area (Å²) in [6.07, 6.45) is -0.124. The molecule has 0 aliphatic rings. The predicted octanol–water partition coefficient (Wildman–Crippen LogP) is 2.43. The number of rotatable bonds is 7. The lowest BCUT2D eigenvalue weighted by Crippen LogP contribution is -2.32. The van der Waals surface area contributed by atoms with Gasteiger partial charge in [0.25, 0.3) is 0 Å². The van der Waals surface area contributed by atoms with Crippen molar-refractivity contribution in [2.45, 2.75) is 17.9 Å². The lowest BCUT2D eigenvalue weighted by Gasteiger charge is -2.17. The Kier molecular flexibility index (Phi) is 6.38. The summed E-state index contributed by atoms with van der Waals surface area (Å²) >= 11 is 0. The molecule has 0 spiro atoms. The van der Waals surface area contributed by atoms with Gasteiger partial charge in [-0.05, 0) is 35.9 Å². The zero-order valence-electron chi connectivity index (χ0n) is 13.9. The minimum Gasteiger partial charge on any atom is -0.341 e. The summed E-state index contributed by atoms with van der Waals surface area (Å²) in [7, 11) is -2.52. The summed E-state index contributed by atoms with van der Waals surface area (Å²) in [5.41, 5.74) is 0.726. The Morgan fingerprint density at radius 1 is 1.04 bits per heavy atom. The highest BCUT2D eigenvalue weighted by molar-refractivity contribution is 7.89. The Labute approximate surface area is 149 Å². The number of sulfonamides is 1. The van der Waals surface area contributed by atoms with Crippen molar-refractivity contribution in [3.63, 3.8) is 0 Å². The van der Waals surface area contributed by atoms with Crippen LogP contribution in [0.3, 0.4) is 0 Å². The lowest BCUT2D eigenvalue weighted by atomic mass is 10.2. The van der Waals surface area contributed by atoms with E-state index in [4.69, 9.17) is 0 Å². The van der Waals surface area contributed by atoms with E-state index in [1.54, 1.807) is 12.1 Å². The van der Waals surface area contributed by atoms with E-state index in [0.717, 1.165) is 11.6 Å². The minimum absolute atomic E-state index is 0.124. The van der Waals surface area contributed by atoms with E-state index in [-0.39, 0.29) is 31.2 Å². The maximum atomic E-state index is 13.1. The average Bonchev–Trinajstić information content (AvgIpc) is 2.59. The van der Waals surface area contributed by atoms with E-state index in [1.165, 1.54) is 24.1 Å². The standard InChI is InChI=1S/C17H17F3N2O3S/c1-22(11-12-2-4-13(18)5-3-12)17(23)8-9-21-26(24,25)14-6-7-15(19)16(20)10-14/h2-7,10,21H,8-9,11H2,1H3. The second-order valence-corrected chi connectivity index (χ2v) is 7.37. The van der Waals surface area contributed by atoms with Crippen molar-refractivity contribution in [2.24, 2.45) is 0 Å². The molecule has 0 bridgehead atoms. The second kappa shape index (κ2) is 8.33. The van der Waals surface area contributed by atoms with Crippen molar-refractivity contribution in [3.05, 3.63) is 65.5 Å².